The summed E-state index contributed by atoms with van der Waals surface area (Å²) >= 11 is 6.89. The van der Waals surface area contributed by atoms with Gasteiger partial charge in [0.15, 0.2) is 0 Å². The van der Waals surface area contributed by atoms with Crippen LogP contribution >= 0.6 is 31.9 Å². The van der Waals surface area contributed by atoms with Crippen molar-refractivity contribution in [3.05, 3.63) is 27.1 Å². The molecule has 5 heteroatoms. The molecule has 1 heterocycles. The van der Waals surface area contributed by atoms with Crippen molar-refractivity contribution in [2.75, 3.05) is 18.4 Å². The van der Waals surface area contributed by atoms with E-state index in [1.807, 2.05) is 18.2 Å². The maximum atomic E-state index is 12.3. The summed E-state index contributed by atoms with van der Waals surface area (Å²) in [4.78, 5) is 12.3. The van der Waals surface area contributed by atoms with E-state index in [0.717, 1.165) is 47.0 Å². The predicted octanol–water partition coefficient (Wildman–Crippen LogP) is 3.54. The molecule has 1 aliphatic carbocycles. The lowest BCUT2D eigenvalue weighted by atomic mass is 9.92. The van der Waals surface area contributed by atoms with Crippen LogP contribution in [0.1, 0.15) is 19.3 Å². The Balaban J connectivity index is 1.66. The van der Waals surface area contributed by atoms with Crippen molar-refractivity contribution < 1.29 is 4.79 Å². The Morgan fingerprint density at radius 1 is 1.32 bits per heavy atom. The van der Waals surface area contributed by atoms with Crippen LogP contribution in [-0.2, 0) is 4.79 Å². The number of rotatable bonds is 2. The summed E-state index contributed by atoms with van der Waals surface area (Å²) in [6.45, 7) is 2.09. The summed E-state index contributed by atoms with van der Waals surface area (Å²) in [6, 6.07) is 5.81. The molecule has 3 nitrogen and oxygen atoms in total. The molecule has 1 aliphatic heterocycles. The second-order valence-electron chi connectivity index (χ2n) is 5.48. The lowest BCUT2D eigenvalue weighted by Gasteiger charge is -2.23. The predicted molar refractivity (Wildman–Crippen MR) is 83.1 cm³/mol. The van der Waals surface area contributed by atoms with Gasteiger partial charge in [-0.15, -0.1) is 0 Å². The van der Waals surface area contributed by atoms with Gasteiger partial charge >= 0.3 is 0 Å². The van der Waals surface area contributed by atoms with Gasteiger partial charge in [-0.3, -0.25) is 4.79 Å². The molecule has 1 saturated heterocycles. The first-order chi connectivity index (χ1) is 9.11. The zero-order chi connectivity index (χ0) is 13.5. The maximum Gasteiger partial charge on any atom is 0.228 e. The van der Waals surface area contributed by atoms with Crippen LogP contribution in [0.5, 0.6) is 0 Å². The largest absolute Gasteiger partial charge is 0.325 e. The number of halogens is 2. The third-order valence-corrected chi connectivity index (χ3v) is 5.44. The topological polar surface area (TPSA) is 41.1 Å². The van der Waals surface area contributed by atoms with Gasteiger partial charge in [0.2, 0.25) is 5.91 Å². The van der Waals surface area contributed by atoms with Crippen LogP contribution in [0.4, 0.5) is 5.69 Å². The molecule has 1 spiro atoms. The quantitative estimate of drug-likeness (QED) is 0.814. The highest BCUT2D eigenvalue weighted by Gasteiger charge is 2.57. The monoisotopic (exact) mass is 386 g/mol. The van der Waals surface area contributed by atoms with Gasteiger partial charge in [-0.1, -0.05) is 15.9 Å². The molecule has 102 valence electrons. The number of carbonyl (C=O) groups is 1. The summed E-state index contributed by atoms with van der Waals surface area (Å²) < 4.78 is 1.91. The van der Waals surface area contributed by atoms with E-state index in [0.29, 0.717) is 0 Å². The Labute approximate surface area is 129 Å². The second-order valence-corrected chi connectivity index (χ2v) is 7.25. The van der Waals surface area contributed by atoms with E-state index in [2.05, 4.69) is 42.5 Å². The van der Waals surface area contributed by atoms with Crippen molar-refractivity contribution in [1.29, 1.82) is 0 Å². The van der Waals surface area contributed by atoms with Gasteiger partial charge in [-0.05, 0) is 71.9 Å². The van der Waals surface area contributed by atoms with Gasteiger partial charge in [-0.25, -0.2) is 0 Å². The van der Waals surface area contributed by atoms with Crippen molar-refractivity contribution >= 4 is 43.5 Å². The molecule has 3 rings (SSSR count). The number of carbonyl (C=O) groups excluding carboxylic acids is 1. The smallest absolute Gasteiger partial charge is 0.228 e. The molecule has 19 heavy (non-hydrogen) atoms. The number of piperidine rings is 1. The van der Waals surface area contributed by atoms with E-state index in [-0.39, 0.29) is 17.2 Å². The maximum absolute atomic E-state index is 12.3. The number of hydrogen-bond acceptors (Lipinski definition) is 2. The number of nitrogens with one attached hydrogen (secondary N) is 2. The minimum absolute atomic E-state index is 0.171. The highest BCUT2D eigenvalue weighted by Crippen LogP contribution is 2.58. The average Bonchev–Trinajstić information content (AvgIpc) is 3.07. The number of anilines is 1. The Kier molecular flexibility index (Phi) is 3.71. The molecule has 2 fully saturated rings. The van der Waals surface area contributed by atoms with Crippen molar-refractivity contribution in [3.63, 3.8) is 0 Å². The van der Waals surface area contributed by atoms with Crippen LogP contribution in [0.3, 0.4) is 0 Å². The Morgan fingerprint density at radius 2 is 2.05 bits per heavy atom. The highest BCUT2D eigenvalue weighted by atomic mass is 79.9. The number of benzene rings is 1. The van der Waals surface area contributed by atoms with E-state index >= 15 is 0 Å². The van der Waals surface area contributed by atoms with Crippen molar-refractivity contribution in [2.45, 2.75) is 19.3 Å². The van der Waals surface area contributed by atoms with E-state index in [1.165, 1.54) is 0 Å². The van der Waals surface area contributed by atoms with E-state index in [4.69, 9.17) is 0 Å². The normalized spacial score (nSPS) is 24.2. The molecule has 0 radical (unpaired) electrons. The molecule has 2 aliphatic rings. The van der Waals surface area contributed by atoms with Gasteiger partial charge in [0.1, 0.15) is 0 Å². The summed E-state index contributed by atoms with van der Waals surface area (Å²) in [5, 5.41) is 6.40. The van der Waals surface area contributed by atoms with E-state index in [1.54, 1.807) is 0 Å². The summed E-state index contributed by atoms with van der Waals surface area (Å²) in [6.07, 6.45) is 3.31. The SMILES string of the molecule is O=C(Nc1ccc(Br)cc1Br)C1CC12CCNCC2. The van der Waals surface area contributed by atoms with Crippen molar-refractivity contribution in [2.24, 2.45) is 11.3 Å². The molecular formula is C14H16Br2N2O. The van der Waals surface area contributed by atoms with Crippen LogP contribution in [0.2, 0.25) is 0 Å². The number of hydrogen-bond donors (Lipinski definition) is 2. The van der Waals surface area contributed by atoms with Crippen LogP contribution < -0.4 is 10.6 Å². The first-order valence-electron chi connectivity index (χ1n) is 6.57. The first-order valence-corrected chi connectivity index (χ1v) is 8.16. The van der Waals surface area contributed by atoms with Crippen molar-refractivity contribution in [1.82, 2.24) is 5.32 Å². The van der Waals surface area contributed by atoms with Gasteiger partial charge < -0.3 is 10.6 Å². The Bertz CT molecular complexity index is 512. The summed E-state index contributed by atoms with van der Waals surface area (Å²) in [5.41, 5.74) is 1.14. The molecule has 0 bridgehead atoms. The standard InChI is InChI=1S/C14H16Br2N2O/c15-9-1-2-12(11(16)7-9)18-13(19)10-8-14(10)3-5-17-6-4-14/h1-2,7,10,17H,3-6,8H2,(H,18,19). The van der Waals surface area contributed by atoms with Crippen LogP contribution in [0.25, 0.3) is 0 Å². The fourth-order valence-corrected chi connectivity index (χ4v) is 4.15. The molecule has 1 aromatic rings. The highest BCUT2D eigenvalue weighted by molar-refractivity contribution is 9.11. The lowest BCUT2D eigenvalue weighted by molar-refractivity contribution is -0.118. The van der Waals surface area contributed by atoms with E-state index < -0.39 is 0 Å². The molecule has 1 amide bonds. The average molecular weight is 388 g/mol. The van der Waals surface area contributed by atoms with E-state index in [9.17, 15) is 4.79 Å². The summed E-state index contributed by atoms with van der Waals surface area (Å²) in [7, 11) is 0. The number of amides is 1. The fraction of sp³-hybridized carbons (Fsp3) is 0.500. The van der Waals surface area contributed by atoms with Gasteiger partial charge in [0.05, 0.1) is 5.69 Å². The molecule has 1 unspecified atom stereocenters. The van der Waals surface area contributed by atoms with Crippen LogP contribution in [0, 0.1) is 11.3 Å². The molecule has 2 N–H and O–H groups in total. The zero-order valence-electron chi connectivity index (χ0n) is 10.5. The van der Waals surface area contributed by atoms with Crippen molar-refractivity contribution in [3.8, 4) is 0 Å². The lowest BCUT2D eigenvalue weighted by Crippen LogP contribution is -2.31. The molecule has 0 aromatic heterocycles. The minimum Gasteiger partial charge on any atom is -0.325 e. The van der Waals surface area contributed by atoms with Gasteiger partial charge in [0.25, 0.3) is 0 Å². The van der Waals surface area contributed by atoms with Gasteiger partial charge in [-0.2, -0.15) is 0 Å². The Morgan fingerprint density at radius 3 is 2.74 bits per heavy atom. The zero-order valence-corrected chi connectivity index (χ0v) is 13.7. The molecule has 1 aromatic carbocycles. The summed E-state index contributed by atoms with van der Waals surface area (Å²) in [5.74, 6) is 0.370. The fourth-order valence-electron chi connectivity index (χ4n) is 3.01. The Hall–Kier alpha value is -0.390. The molecule has 1 saturated carbocycles. The minimum atomic E-state index is 0.171. The van der Waals surface area contributed by atoms with Crippen LogP contribution in [0.15, 0.2) is 27.1 Å². The van der Waals surface area contributed by atoms with Crippen LogP contribution in [-0.4, -0.2) is 19.0 Å². The first kappa shape index (κ1) is 13.6. The second kappa shape index (κ2) is 5.19. The third kappa shape index (κ3) is 2.73. The molecule has 1 atom stereocenters. The van der Waals surface area contributed by atoms with Gasteiger partial charge in [0, 0.05) is 14.9 Å². The molecular weight excluding hydrogens is 372 g/mol. The third-order valence-electron chi connectivity index (χ3n) is 4.29.